The molecule has 3 rings (SSSR count). The second-order valence-corrected chi connectivity index (χ2v) is 5.42. The van der Waals surface area contributed by atoms with E-state index in [-0.39, 0.29) is 5.91 Å². The second kappa shape index (κ2) is 8.48. The molecule has 0 spiro atoms. The van der Waals surface area contributed by atoms with Gasteiger partial charge in [-0.15, -0.1) is 0 Å². The number of ether oxygens (including phenoxy) is 2. The van der Waals surface area contributed by atoms with Gasteiger partial charge in [-0.3, -0.25) is 4.79 Å². The van der Waals surface area contributed by atoms with Gasteiger partial charge >= 0.3 is 0 Å². The van der Waals surface area contributed by atoms with Gasteiger partial charge in [0.25, 0.3) is 5.91 Å². The summed E-state index contributed by atoms with van der Waals surface area (Å²) in [4.78, 5) is 12.1. The fraction of sp³-hybridized carbons (Fsp3) is 0.0476. The van der Waals surface area contributed by atoms with E-state index in [1.54, 1.807) is 37.6 Å². The van der Waals surface area contributed by atoms with Gasteiger partial charge in [-0.25, -0.2) is 5.43 Å². The molecule has 5 heteroatoms. The molecule has 0 bridgehead atoms. The Balaban J connectivity index is 1.61. The van der Waals surface area contributed by atoms with Gasteiger partial charge in [-0.1, -0.05) is 30.3 Å². The molecular formula is C21H18N2O3. The van der Waals surface area contributed by atoms with E-state index in [1.807, 2.05) is 54.6 Å². The maximum Gasteiger partial charge on any atom is 0.271 e. The lowest BCUT2D eigenvalue weighted by atomic mass is 10.2. The predicted octanol–water partition coefficient (Wildman–Crippen LogP) is 4.25. The molecule has 130 valence electrons. The van der Waals surface area contributed by atoms with Gasteiger partial charge in [0.2, 0.25) is 0 Å². The van der Waals surface area contributed by atoms with Crippen LogP contribution in [0.25, 0.3) is 0 Å². The van der Waals surface area contributed by atoms with Crippen molar-refractivity contribution in [1.29, 1.82) is 0 Å². The molecule has 0 aliphatic carbocycles. The molecule has 0 saturated carbocycles. The Hall–Kier alpha value is -3.60. The minimum atomic E-state index is -0.291. The zero-order chi connectivity index (χ0) is 18.2. The van der Waals surface area contributed by atoms with Crippen molar-refractivity contribution in [3.05, 3.63) is 90.0 Å². The average molecular weight is 346 g/mol. The molecule has 0 aromatic heterocycles. The Labute approximate surface area is 151 Å². The Bertz CT molecular complexity index is 891. The highest BCUT2D eigenvalue weighted by Gasteiger charge is 2.04. The maximum absolute atomic E-state index is 12.1. The number of hydrogen-bond acceptors (Lipinski definition) is 4. The Kier molecular flexibility index (Phi) is 5.62. The zero-order valence-corrected chi connectivity index (χ0v) is 14.3. The molecular weight excluding hydrogens is 328 g/mol. The zero-order valence-electron chi connectivity index (χ0n) is 14.3. The monoisotopic (exact) mass is 346 g/mol. The van der Waals surface area contributed by atoms with Crippen molar-refractivity contribution in [2.24, 2.45) is 5.10 Å². The highest BCUT2D eigenvalue weighted by Crippen LogP contribution is 2.21. The summed E-state index contributed by atoms with van der Waals surface area (Å²) in [6.07, 6.45) is 1.57. The van der Waals surface area contributed by atoms with Gasteiger partial charge in [0, 0.05) is 5.56 Å². The summed E-state index contributed by atoms with van der Waals surface area (Å²) >= 11 is 0. The number of nitrogens with one attached hydrogen (secondary N) is 1. The molecule has 0 atom stereocenters. The lowest BCUT2D eigenvalue weighted by Crippen LogP contribution is -2.17. The summed E-state index contributed by atoms with van der Waals surface area (Å²) in [7, 11) is 1.58. The van der Waals surface area contributed by atoms with E-state index >= 15 is 0 Å². The van der Waals surface area contributed by atoms with Crippen molar-refractivity contribution in [2.75, 3.05) is 7.11 Å². The molecule has 1 amide bonds. The first-order valence-electron chi connectivity index (χ1n) is 8.05. The van der Waals surface area contributed by atoms with Gasteiger partial charge in [0.15, 0.2) is 0 Å². The molecule has 0 fully saturated rings. The smallest absolute Gasteiger partial charge is 0.271 e. The van der Waals surface area contributed by atoms with Crippen molar-refractivity contribution in [1.82, 2.24) is 5.43 Å². The molecule has 0 radical (unpaired) electrons. The van der Waals surface area contributed by atoms with Gasteiger partial charge in [-0.05, 0) is 54.1 Å². The predicted molar refractivity (Wildman–Crippen MR) is 101 cm³/mol. The van der Waals surface area contributed by atoms with Gasteiger partial charge in [0.1, 0.15) is 17.2 Å². The molecule has 5 nitrogen and oxygen atoms in total. The van der Waals surface area contributed by atoms with E-state index in [9.17, 15) is 4.79 Å². The lowest BCUT2D eigenvalue weighted by Gasteiger charge is -2.06. The number of hydrazone groups is 1. The largest absolute Gasteiger partial charge is 0.497 e. The van der Waals surface area contributed by atoms with Crippen LogP contribution in [0.1, 0.15) is 15.9 Å². The topological polar surface area (TPSA) is 59.9 Å². The number of rotatable bonds is 6. The fourth-order valence-electron chi connectivity index (χ4n) is 2.26. The summed E-state index contributed by atoms with van der Waals surface area (Å²) in [5, 5.41) is 4.00. The Morgan fingerprint density at radius 1 is 0.885 bits per heavy atom. The van der Waals surface area contributed by atoms with E-state index in [0.717, 1.165) is 11.3 Å². The van der Waals surface area contributed by atoms with Crippen LogP contribution in [-0.2, 0) is 0 Å². The Morgan fingerprint density at radius 2 is 1.62 bits per heavy atom. The average Bonchev–Trinajstić information content (AvgIpc) is 2.69. The van der Waals surface area contributed by atoms with Crippen molar-refractivity contribution in [2.45, 2.75) is 0 Å². The van der Waals surface area contributed by atoms with E-state index < -0.39 is 0 Å². The molecule has 0 unspecified atom stereocenters. The summed E-state index contributed by atoms with van der Waals surface area (Å²) in [6, 6.07) is 23.8. The summed E-state index contributed by atoms with van der Waals surface area (Å²) in [6.45, 7) is 0. The minimum Gasteiger partial charge on any atom is -0.497 e. The number of methoxy groups -OCH3 is 1. The summed E-state index contributed by atoms with van der Waals surface area (Å²) in [5.74, 6) is 1.86. The summed E-state index contributed by atoms with van der Waals surface area (Å²) < 4.78 is 10.8. The lowest BCUT2D eigenvalue weighted by molar-refractivity contribution is 0.0955. The SMILES string of the molecule is COc1ccc(C(=O)N/N=C/c2cccc(Oc3ccccc3)c2)cc1. The van der Waals surface area contributed by atoms with Gasteiger partial charge < -0.3 is 9.47 Å². The number of nitrogens with zero attached hydrogens (tertiary/aromatic N) is 1. The molecule has 26 heavy (non-hydrogen) atoms. The van der Waals surface area contributed by atoms with E-state index in [2.05, 4.69) is 10.5 Å². The number of carbonyl (C=O) groups is 1. The molecule has 0 heterocycles. The number of hydrogen-bond donors (Lipinski definition) is 1. The van der Waals surface area contributed by atoms with Gasteiger partial charge in [0.05, 0.1) is 13.3 Å². The van der Waals surface area contributed by atoms with E-state index in [1.165, 1.54) is 0 Å². The Morgan fingerprint density at radius 3 is 2.35 bits per heavy atom. The van der Waals surface area contributed by atoms with Crippen molar-refractivity contribution >= 4 is 12.1 Å². The highest BCUT2D eigenvalue weighted by molar-refractivity contribution is 5.95. The van der Waals surface area contributed by atoms with Crippen LogP contribution in [0.4, 0.5) is 0 Å². The fourth-order valence-corrected chi connectivity index (χ4v) is 2.26. The first kappa shape index (κ1) is 17.2. The van der Waals surface area contributed by atoms with Crippen LogP contribution in [0.5, 0.6) is 17.2 Å². The van der Waals surface area contributed by atoms with E-state index in [0.29, 0.717) is 17.1 Å². The van der Waals surface area contributed by atoms with Crippen molar-refractivity contribution in [3.8, 4) is 17.2 Å². The normalized spacial score (nSPS) is 10.5. The maximum atomic E-state index is 12.1. The van der Waals surface area contributed by atoms with E-state index in [4.69, 9.17) is 9.47 Å². The van der Waals surface area contributed by atoms with Gasteiger partial charge in [-0.2, -0.15) is 5.10 Å². The molecule has 0 aliphatic heterocycles. The first-order valence-corrected chi connectivity index (χ1v) is 8.05. The van der Waals surface area contributed by atoms with Crippen molar-refractivity contribution in [3.63, 3.8) is 0 Å². The first-order chi connectivity index (χ1) is 12.7. The van der Waals surface area contributed by atoms with Crippen LogP contribution < -0.4 is 14.9 Å². The standard InChI is InChI=1S/C21H18N2O3/c1-25-18-12-10-17(11-13-18)21(24)23-22-15-16-6-5-9-20(14-16)26-19-7-3-2-4-8-19/h2-15H,1H3,(H,23,24)/b22-15+. The van der Waals surface area contributed by atoms with Crippen LogP contribution in [0, 0.1) is 0 Å². The highest BCUT2D eigenvalue weighted by atomic mass is 16.5. The quantitative estimate of drug-likeness (QED) is 0.536. The van der Waals surface area contributed by atoms with Crippen LogP contribution in [0.2, 0.25) is 0 Å². The summed E-state index contributed by atoms with van der Waals surface area (Å²) in [5.41, 5.74) is 3.82. The number of amides is 1. The third-order valence-electron chi connectivity index (χ3n) is 3.57. The number of benzene rings is 3. The molecule has 3 aromatic rings. The second-order valence-electron chi connectivity index (χ2n) is 5.42. The molecule has 3 aromatic carbocycles. The minimum absolute atomic E-state index is 0.291. The molecule has 1 N–H and O–H groups in total. The van der Waals surface area contributed by atoms with Crippen LogP contribution in [0.15, 0.2) is 84.0 Å². The third-order valence-corrected chi connectivity index (χ3v) is 3.57. The molecule has 0 aliphatic rings. The van der Waals surface area contributed by atoms with Crippen LogP contribution in [-0.4, -0.2) is 19.2 Å². The number of para-hydroxylation sites is 1. The van der Waals surface area contributed by atoms with Crippen molar-refractivity contribution < 1.29 is 14.3 Å². The third kappa shape index (κ3) is 4.70. The van der Waals surface area contributed by atoms with Crippen LogP contribution in [0.3, 0.4) is 0 Å². The van der Waals surface area contributed by atoms with Crippen LogP contribution >= 0.6 is 0 Å². The number of carbonyl (C=O) groups excluding carboxylic acids is 1. The molecule has 0 saturated heterocycles.